The van der Waals surface area contributed by atoms with Gasteiger partial charge < -0.3 is 9.47 Å². The van der Waals surface area contributed by atoms with Gasteiger partial charge in [0.05, 0.1) is 12.8 Å². The molecule has 0 radical (unpaired) electrons. The SMILES string of the molecule is COc1ccc(-n2nnc3c2-c2ccccc2OC3)cc1. The molecule has 0 fully saturated rings. The molecule has 0 N–H and O–H groups in total. The summed E-state index contributed by atoms with van der Waals surface area (Å²) in [5, 5.41) is 8.50. The van der Waals surface area contributed by atoms with E-state index in [1.54, 1.807) is 7.11 Å². The van der Waals surface area contributed by atoms with E-state index in [1.807, 2.05) is 53.2 Å². The third-order valence-corrected chi connectivity index (χ3v) is 3.56. The van der Waals surface area contributed by atoms with Crippen molar-refractivity contribution >= 4 is 0 Å². The Balaban J connectivity index is 1.88. The van der Waals surface area contributed by atoms with Crippen LogP contribution in [0.3, 0.4) is 0 Å². The van der Waals surface area contributed by atoms with Gasteiger partial charge in [0.15, 0.2) is 0 Å². The molecule has 1 aliphatic rings. The molecule has 0 aliphatic carbocycles. The van der Waals surface area contributed by atoms with Crippen molar-refractivity contribution in [3.05, 3.63) is 54.2 Å². The Kier molecular flexibility index (Phi) is 2.64. The number of para-hydroxylation sites is 1. The minimum atomic E-state index is 0.447. The molecule has 0 saturated carbocycles. The molecule has 104 valence electrons. The first kappa shape index (κ1) is 12.0. The molecule has 0 atom stereocenters. The van der Waals surface area contributed by atoms with Crippen molar-refractivity contribution in [3.63, 3.8) is 0 Å². The molecule has 0 saturated heterocycles. The molecule has 0 unspecified atom stereocenters. The Morgan fingerprint density at radius 2 is 1.90 bits per heavy atom. The van der Waals surface area contributed by atoms with E-state index in [1.165, 1.54) is 0 Å². The van der Waals surface area contributed by atoms with Gasteiger partial charge in [-0.1, -0.05) is 17.3 Å². The molecule has 0 amide bonds. The summed E-state index contributed by atoms with van der Waals surface area (Å²) in [5.74, 6) is 1.68. The highest BCUT2D eigenvalue weighted by atomic mass is 16.5. The number of aromatic nitrogens is 3. The average molecular weight is 279 g/mol. The van der Waals surface area contributed by atoms with Crippen molar-refractivity contribution in [2.45, 2.75) is 6.61 Å². The van der Waals surface area contributed by atoms with Gasteiger partial charge in [-0.2, -0.15) is 0 Å². The Morgan fingerprint density at radius 1 is 1.10 bits per heavy atom. The van der Waals surface area contributed by atoms with Gasteiger partial charge in [-0.05, 0) is 36.4 Å². The van der Waals surface area contributed by atoms with Crippen LogP contribution in [0.15, 0.2) is 48.5 Å². The van der Waals surface area contributed by atoms with Crippen molar-refractivity contribution in [2.75, 3.05) is 7.11 Å². The van der Waals surface area contributed by atoms with Gasteiger partial charge in [-0.15, -0.1) is 5.10 Å². The maximum Gasteiger partial charge on any atom is 0.134 e. The number of hydrogen-bond acceptors (Lipinski definition) is 4. The van der Waals surface area contributed by atoms with Crippen LogP contribution in [0.25, 0.3) is 16.9 Å². The largest absolute Gasteiger partial charge is 0.497 e. The number of nitrogens with zero attached hydrogens (tertiary/aromatic N) is 3. The molecule has 0 spiro atoms. The third kappa shape index (κ3) is 1.86. The lowest BCUT2D eigenvalue weighted by atomic mass is 10.1. The number of benzene rings is 2. The van der Waals surface area contributed by atoms with E-state index in [0.29, 0.717) is 6.61 Å². The first-order valence-corrected chi connectivity index (χ1v) is 6.68. The summed E-state index contributed by atoms with van der Waals surface area (Å²) < 4.78 is 12.7. The number of ether oxygens (including phenoxy) is 2. The monoisotopic (exact) mass is 279 g/mol. The van der Waals surface area contributed by atoms with Crippen LogP contribution in [0.5, 0.6) is 11.5 Å². The zero-order valence-electron chi connectivity index (χ0n) is 11.5. The van der Waals surface area contributed by atoms with Gasteiger partial charge in [0, 0.05) is 5.56 Å². The highest BCUT2D eigenvalue weighted by Crippen LogP contribution is 2.37. The Bertz CT molecular complexity index is 794. The van der Waals surface area contributed by atoms with Crippen molar-refractivity contribution in [2.24, 2.45) is 0 Å². The average Bonchev–Trinajstić information content (AvgIpc) is 2.99. The summed E-state index contributed by atoms with van der Waals surface area (Å²) >= 11 is 0. The van der Waals surface area contributed by atoms with E-state index < -0.39 is 0 Å². The topological polar surface area (TPSA) is 49.2 Å². The fourth-order valence-corrected chi connectivity index (χ4v) is 2.52. The maximum atomic E-state index is 5.70. The zero-order chi connectivity index (χ0) is 14.2. The lowest BCUT2D eigenvalue weighted by Crippen LogP contribution is -2.07. The molecule has 2 heterocycles. The second kappa shape index (κ2) is 4.63. The molecule has 2 aromatic carbocycles. The Labute approximate surface area is 121 Å². The minimum absolute atomic E-state index is 0.447. The maximum absolute atomic E-state index is 5.70. The smallest absolute Gasteiger partial charge is 0.134 e. The number of fused-ring (bicyclic) bond motifs is 3. The molecule has 0 bridgehead atoms. The van der Waals surface area contributed by atoms with Gasteiger partial charge in [0.1, 0.15) is 29.5 Å². The Morgan fingerprint density at radius 3 is 2.71 bits per heavy atom. The molecule has 1 aromatic heterocycles. The van der Waals surface area contributed by atoms with E-state index in [2.05, 4.69) is 10.3 Å². The number of rotatable bonds is 2. The summed E-state index contributed by atoms with van der Waals surface area (Å²) in [6.45, 7) is 0.447. The van der Waals surface area contributed by atoms with Crippen LogP contribution in [0.2, 0.25) is 0 Å². The van der Waals surface area contributed by atoms with E-state index in [0.717, 1.165) is 34.1 Å². The highest BCUT2D eigenvalue weighted by Gasteiger charge is 2.23. The Hall–Kier alpha value is -2.82. The first-order valence-electron chi connectivity index (χ1n) is 6.68. The van der Waals surface area contributed by atoms with E-state index >= 15 is 0 Å². The van der Waals surface area contributed by atoms with Crippen molar-refractivity contribution in [1.82, 2.24) is 15.0 Å². The fraction of sp³-hybridized carbons (Fsp3) is 0.125. The van der Waals surface area contributed by atoms with Gasteiger partial charge in [-0.25, -0.2) is 4.68 Å². The van der Waals surface area contributed by atoms with Gasteiger partial charge in [0.25, 0.3) is 0 Å². The highest BCUT2D eigenvalue weighted by molar-refractivity contribution is 5.72. The quantitative estimate of drug-likeness (QED) is 0.723. The molecule has 4 rings (SSSR count). The second-order valence-corrected chi connectivity index (χ2v) is 4.78. The van der Waals surface area contributed by atoms with Crippen molar-refractivity contribution in [1.29, 1.82) is 0 Å². The molecular weight excluding hydrogens is 266 g/mol. The predicted octanol–water partition coefficient (Wildman–Crippen LogP) is 2.84. The second-order valence-electron chi connectivity index (χ2n) is 4.78. The van der Waals surface area contributed by atoms with E-state index in [-0.39, 0.29) is 0 Å². The lowest BCUT2D eigenvalue weighted by Gasteiger charge is -2.17. The van der Waals surface area contributed by atoms with E-state index in [9.17, 15) is 0 Å². The number of hydrogen-bond donors (Lipinski definition) is 0. The van der Waals surface area contributed by atoms with Crippen LogP contribution in [-0.2, 0) is 6.61 Å². The summed E-state index contributed by atoms with van der Waals surface area (Å²) in [7, 11) is 1.65. The standard InChI is InChI=1S/C16H13N3O2/c1-20-12-8-6-11(7-9-12)19-16-13-4-2-3-5-15(13)21-10-14(16)17-18-19/h2-9H,10H2,1H3. The normalized spacial score (nSPS) is 12.2. The third-order valence-electron chi connectivity index (χ3n) is 3.56. The minimum Gasteiger partial charge on any atom is -0.497 e. The van der Waals surface area contributed by atoms with Gasteiger partial charge >= 0.3 is 0 Å². The summed E-state index contributed by atoms with van der Waals surface area (Å²) in [6.07, 6.45) is 0. The summed E-state index contributed by atoms with van der Waals surface area (Å²) in [5.41, 5.74) is 3.80. The van der Waals surface area contributed by atoms with Crippen LogP contribution in [-0.4, -0.2) is 22.1 Å². The van der Waals surface area contributed by atoms with E-state index in [4.69, 9.17) is 9.47 Å². The molecule has 5 nitrogen and oxygen atoms in total. The van der Waals surface area contributed by atoms with Crippen molar-refractivity contribution in [3.8, 4) is 28.4 Å². The fourth-order valence-electron chi connectivity index (χ4n) is 2.52. The predicted molar refractivity (Wildman–Crippen MR) is 77.7 cm³/mol. The van der Waals surface area contributed by atoms with Crippen LogP contribution >= 0.6 is 0 Å². The van der Waals surface area contributed by atoms with Gasteiger partial charge in [0.2, 0.25) is 0 Å². The van der Waals surface area contributed by atoms with Crippen molar-refractivity contribution < 1.29 is 9.47 Å². The first-order chi connectivity index (χ1) is 10.4. The summed E-state index contributed by atoms with van der Waals surface area (Å²) in [6, 6.07) is 15.7. The zero-order valence-corrected chi connectivity index (χ0v) is 11.5. The van der Waals surface area contributed by atoms with Crippen LogP contribution < -0.4 is 9.47 Å². The molecule has 1 aliphatic heterocycles. The van der Waals surface area contributed by atoms with Gasteiger partial charge in [-0.3, -0.25) is 0 Å². The van der Waals surface area contributed by atoms with Crippen LogP contribution in [0, 0.1) is 0 Å². The number of methoxy groups -OCH3 is 1. The molecule has 5 heteroatoms. The summed E-state index contributed by atoms with van der Waals surface area (Å²) in [4.78, 5) is 0. The van der Waals surface area contributed by atoms with Crippen LogP contribution in [0.1, 0.15) is 5.69 Å². The molecular formula is C16H13N3O2. The molecule has 21 heavy (non-hydrogen) atoms. The lowest BCUT2D eigenvalue weighted by molar-refractivity contribution is 0.297. The molecule has 3 aromatic rings. The van der Waals surface area contributed by atoms with Crippen LogP contribution in [0.4, 0.5) is 0 Å².